The first-order valence-electron chi connectivity index (χ1n) is 11.2. The van der Waals surface area contributed by atoms with E-state index < -0.39 is 11.9 Å². The summed E-state index contributed by atoms with van der Waals surface area (Å²) in [6, 6.07) is 16.3. The summed E-state index contributed by atoms with van der Waals surface area (Å²) in [5.41, 5.74) is 7.94. The first-order chi connectivity index (χ1) is 16.9. The molecular formula is C27H26N2O5S. The van der Waals surface area contributed by atoms with Gasteiger partial charge in [-0.2, -0.15) is 5.26 Å². The number of carbonyl (C=O) groups is 1. The third kappa shape index (κ3) is 5.26. The van der Waals surface area contributed by atoms with E-state index in [2.05, 4.69) is 19.9 Å². The number of ether oxygens (including phenoxy) is 4. The molecule has 1 aliphatic heterocycles. The molecular weight excluding hydrogens is 464 g/mol. The minimum atomic E-state index is -0.482. The van der Waals surface area contributed by atoms with Gasteiger partial charge in [0.1, 0.15) is 28.0 Å². The molecule has 0 bridgehead atoms. The van der Waals surface area contributed by atoms with Gasteiger partial charge in [0.25, 0.3) is 0 Å². The number of fused-ring (bicyclic) bond motifs is 1. The van der Waals surface area contributed by atoms with Crippen molar-refractivity contribution in [2.45, 2.75) is 26.2 Å². The summed E-state index contributed by atoms with van der Waals surface area (Å²) in [5, 5.41) is 11.7. The van der Waals surface area contributed by atoms with Gasteiger partial charge in [0.15, 0.2) is 11.5 Å². The number of thiophene rings is 1. The highest BCUT2D eigenvalue weighted by Gasteiger charge is 2.32. The summed E-state index contributed by atoms with van der Waals surface area (Å²) in [7, 11) is 1.58. The first kappa shape index (κ1) is 24.2. The van der Waals surface area contributed by atoms with E-state index in [0.717, 1.165) is 17.5 Å². The minimum absolute atomic E-state index is 0.00274. The summed E-state index contributed by atoms with van der Waals surface area (Å²) < 4.78 is 22.7. The minimum Gasteiger partial charge on any atom is -0.493 e. The van der Waals surface area contributed by atoms with Gasteiger partial charge in [0.2, 0.25) is 5.88 Å². The smallest absolute Gasteiger partial charge is 0.353 e. The zero-order chi connectivity index (χ0) is 24.9. The second-order valence-corrected chi connectivity index (χ2v) is 9.38. The number of nitrogens with zero attached hydrogens (tertiary/aromatic N) is 1. The molecule has 2 heterocycles. The fourth-order valence-corrected chi connectivity index (χ4v) is 4.38. The van der Waals surface area contributed by atoms with E-state index in [9.17, 15) is 10.1 Å². The maximum atomic E-state index is 12.4. The van der Waals surface area contributed by atoms with Gasteiger partial charge >= 0.3 is 5.97 Å². The quantitative estimate of drug-likeness (QED) is 0.323. The molecule has 2 N–H and O–H groups in total. The van der Waals surface area contributed by atoms with Crippen LogP contribution in [0.1, 0.15) is 47.0 Å². The van der Waals surface area contributed by atoms with Gasteiger partial charge in [-0.05, 0) is 47.5 Å². The van der Waals surface area contributed by atoms with Gasteiger partial charge in [0.05, 0.1) is 19.6 Å². The zero-order valence-corrected chi connectivity index (χ0v) is 20.6. The van der Waals surface area contributed by atoms with Crippen LogP contribution in [-0.2, 0) is 0 Å². The molecule has 0 radical (unpaired) electrons. The van der Waals surface area contributed by atoms with E-state index in [-0.39, 0.29) is 11.5 Å². The second-order valence-electron chi connectivity index (χ2n) is 8.43. The van der Waals surface area contributed by atoms with Crippen LogP contribution < -0.4 is 24.7 Å². The van der Waals surface area contributed by atoms with Gasteiger partial charge in [-0.15, -0.1) is 11.3 Å². The van der Waals surface area contributed by atoms with Crippen LogP contribution in [0.3, 0.4) is 0 Å². The monoisotopic (exact) mass is 490 g/mol. The lowest BCUT2D eigenvalue weighted by atomic mass is 9.83. The molecule has 0 spiro atoms. The lowest BCUT2D eigenvalue weighted by Gasteiger charge is -2.27. The van der Waals surface area contributed by atoms with E-state index in [1.807, 2.05) is 18.2 Å². The Labute approximate surface area is 208 Å². The van der Waals surface area contributed by atoms with Crippen molar-refractivity contribution in [3.05, 3.63) is 81.4 Å². The molecule has 0 aliphatic carbocycles. The number of rotatable bonds is 8. The van der Waals surface area contributed by atoms with E-state index in [0.29, 0.717) is 40.4 Å². The molecule has 4 rings (SSSR count). The Morgan fingerprint density at radius 2 is 2.03 bits per heavy atom. The SMILES string of the molecule is COc1cc(C2C(C#N)=C(N)Oc3cc(OC(=O)c4cccs4)ccc32)ccc1OCCC(C)C. The van der Waals surface area contributed by atoms with Crippen LogP contribution in [0.25, 0.3) is 0 Å². The Bertz CT molecular complexity index is 1290. The van der Waals surface area contributed by atoms with Crippen molar-refractivity contribution in [2.75, 3.05) is 13.7 Å². The third-order valence-electron chi connectivity index (χ3n) is 5.60. The molecule has 2 aromatic carbocycles. The number of hydrogen-bond acceptors (Lipinski definition) is 8. The average Bonchev–Trinajstić information content (AvgIpc) is 3.38. The molecule has 8 heteroatoms. The summed E-state index contributed by atoms with van der Waals surface area (Å²) in [4.78, 5) is 12.8. The standard InChI is InChI=1S/C27H26N2O5S/c1-16(2)10-11-32-21-9-6-17(13-23(21)31-3)25-19-8-7-18(33-27(30)24-5-4-12-35-24)14-22(19)34-26(29)20(25)15-28/h4-9,12-14,16,25H,10-11,29H2,1-3H3. The third-order valence-corrected chi connectivity index (χ3v) is 6.45. The number of allylic oxidation sites excluding steroid dienone is 1. The molecule has 35 heavy (non-hydrogen) atoms. The van der Waals surface area contributed by atoms with Gasteiger partial charge in [0, 0.05) is 11.6 Å². The van der Waals surface area contributed by atoms with E-state index in [1.165, 1.54) is 11.3 Å². The summed E-state index contributed by atoms with van der Waals surface area (Å²) >= 11 is 1.30. The van der Waals surface area contributed by atoms with Crippen LogP contribution in [0.5, 0.6) is 23.0 Å². The normalized spacial score (nSPS) is 14.7. The van der Waals surface area contributed by atoms with Crippen molar-refractivity contribution < 1.29 is 23.7 Å². The Morgan fingerprint density at radius 1 is 1.20 bits per heavy atom. The van der Waals surface area contributed by atoms with Gasteiger partial charge in [-0.25, -0.2) is 4.79 Å². The number of methoxy groups -OCH3 is 1. The van der Waals surface area contributed by atoms with Crippen molar-refractivity contribution in [3.63, 3.8) is 0 Å². The molecule has 1 aliphatic rings. The highest BCUT2D eigenvalue weighted by molar-refractivity contribution is 7.12. The van der Waals surface area contributed by atoms with Crippen molar-refractivity contribution in [1.82, 2.24) is 0 Å². The lowest BCUT2D eigenvalue weighted by molar-refractivity contribution is 0.0739. The molecule has 180 valence electrons. The van der Waals surface area contributed by atoms with Crippen LogP contribution in [0, 0.1) is 17.2 Å². The fraction of sp³-hybridized carbons (Fsp3) is 0.259. The maximum Gasteiger partial charge on any atom is 0.353 e. The highest BCUT2D eigenvalue weighted by Crippen LogP contribution is 2.45. The number of nitriles is 1. The molecule has 1 unspecified atom stereocenters. The Kier molecular flexibility index (Phi) is 7.28. The second kappa shape index (κ2) is 10.5. The summed E-state index contributed by atoms with van der Waals surface area (Å²) in [6.07, 6.45) is 0.926. The molecule has 0 saturated heterocycles. The van der Waals surface area contributed by atoms with Crippen molar-refractivity contribution in [1.29, 1.82) is 5.26 Å². The largest absolute Gasteiger partial charge is 0.493 e. The van der Waals surface area contributed by atoms with Crippen LogP contribution in [0.4, 0.5) is 0 Å². The first-order valence-corrected chi connectivity index (χ1v) is 12.1. The van der Waals surface area contributed by atoms with Crippen molar-refractivity contribution >= 4 is 17.3 Å². The molecule has 0 fully saturated rings. The predicted octanol–water partition coefficient (Wildman–Crippen LogP) is 5.62. The van der Waals surface area contributed by atoms with Crippen LogP contribution in [-0.4, -0.2) is 19.7 Å². The Hall–Kier alpha value is -3.96. The molecule has 3 aromatic rings. The van der Waals surface area contributed by atoms with Crippen LogP contribution in [0.15, 0.2) is 65.4 Å². The number of benzene rings is 2. The molecule has 1 aromatic heterocycles. The molecule has 0 saturated carbocycles. The predicted molar refractivity (Wildman–Crippen MR) is 133 cm³/mol. The Balaban J connectivity index is 1.66. The molecule has 7 nitrogen and oxygen atoms in total. The van der Waals surface area contributed by atoms with Crippen LogP contribution >= 0.6 is 11.3 Å². The topological polar surface area (TPSA) is 104 Å². The fourth-order valence-electron chi connectivity index (χ4n) is 3.78. The summed E-state index contributed by atoms with van der Waals surface area (Å²) in [6.45, 7) is 4.86. The average molecular weight is 491 g/mol. The maximum absolute atomic E-state index is 12.4. The molecule has 0 amide bonds. The van der Waals surface area contributed by atoms with Crippen LogP contribution in [0.2, 0.25) is 0 Å². The van der Waals surface area contributed by atoms with E-state index >= 15 is 0 Å². The van der Waals surface area contributed by atoms with Gasteiger partial charge < -0.3 is 24.7 Å². The van der Waals surface area contributed by atoms with Crippen molar-refractivity contribution in [3.8, 4) is 29.1 Å². The van der Waals surface area contributed by atoms with E-state index in [4.69, 9.17) is 24.7 Å². The van der Waals surface area contributed by atoms with Gasteiger partial charge in [-0.1, -0.05) is 32.0 Å². The molecule has 1 atom stereocenters. The Morgan fingerprint density at radius 3 is 2.71 bits per heavy atom. The lowest BCUT2D eigenvalue weighted by Crippen LogP contribution is -2.21. The zero-order valence-electron chi connectivity index (χ0n) is 19.7. The number of carbonyl (C=O) groups excluding carboxylic acids is 1. The van der Waals surface area contributed by atoms with Gasteiger partial charge in [-0.3, -0.25) is 0 Å². The summed E-state index contributed by atoms with van der Waals surface area (Å²) in [5.74, 6) is 1.53. The number of hydrogen-bond donors (Lipinski definition) is 1. The highest BCUT2D eigenvalue weighted by atomic mass is 32.1. The number of nitrogens with two attached hydrogens (primary N) is 1. The van der Waals surface area contributed by atoms with E-state index in [1.54, 1.807) is 42.8 Å². The van der Waals surface area contributed by atoms with Crippen molar-refractivity contribution in [2.24, 2.45) is 11.7 Å². The number of esters is 1.